The molecule has 1 heterocycles. The van der Waals surface area contributed by atoms with E-state index in [1.54, 1.807) is 0 Å². The quantitative estimate of drug-likeness (QED) is 0.633. The summed E-state index contributed by atoms with van der Waals surface area (Å²) in [4.78, 5) is 6.67. The van der Waals surface area contributed by atoms with Crippen LogP contribution in [0.3, 0.4) is 0 Å². The van der Waals surface area contributed by atoms with Crippen LogP contribution in [-0.4, -0.2) is 16.4 Å². The summed E-state index contributed by atoms with van der Waals surface area (Å²) in [7, 11) is 0. The van der Waals surface area contributed by atoms with Crippen LogP contribution in [0, 0.1) is 18.3 Å². The first-order valence-electron chi connectivity index (χ1n) is 9.94. The highest BCUT2D eigenvalue weighted by Crippen LogP contribution is 2.33. The molecular formula is C25H32N2. The van der Waals surface area contributed by atoms with E-state index in [-0.39, 0.29) is 0 Å². The van der Waals surface area contributed by atoms with Gasteiger partial charge in [0.25, 0.3) is 0 Å². The van der Waals surface area contributed by atoms with Crippen LogP contribution in [0.15, 0.2) is 72.6 Å². The van der Waals surface area contributed by atoms with Crippen molar-refractivity contribution in [2.75, 3.05) is 6.54 Å². The molecule has 0 aliphatic heterocycles. The van der Waals surface area contributed by atoms with Gasteiger partial charge in [0.05, 0.1) is 0 Å². The average molecular weight is 361 g/mol. The molecule has 1 aromatic heterocycles. The maximum atomic E-state index is 4.15. The number of aryl methyl sites for hydroxylation is 1. The molecule has 0 amide bonds. The Hall–Kier alpha value is -2.19. The molecule has 3 rings (SSSR count). The van der Waals surface area contributed by atoms with Crippen LogP contribution in [-0.2, 0) is 13.1 Å². The summed E-state index contributed by atoms with van der Waals surface area (Å²) < 4.78 is 0. The first-order chi connectivity index (χ1) is 12.9. The van der Waals surface area contributed by atoms with E-state index in [1.807, 2.05) is 12.4 Å². The lowest BCUT2D eigenvalue weighted by Crippen LogP contribution is -2.26. The van der Waals surface area contributed by atoms with Crippen molar-refractivity contribution in [3.63, 3.8) is 0 Å². The van der Waals surface area contributed by atoms with Gasteiger partial charge in [-0.15, -0.1) is 0 Å². The zero-order valence-electron chi connectivity index (χ0n) is 17.2. The second-order valence-corrected chi connectivity index (χ2v) is 8.83. The van der Waals surface area contributed by atoms with Gasteiger partial charge in [0.15, 0.2) is 0 Å². The highest BCUT2D eigenvalue weighted by molar-refractivity contribution is 5.27. The van der Waals surface area contributed by atoms with Crippen molar-refractivity contribution in [3.05, 3.63) is 89.3 Å². The summed E-state index contributed by atoms with van der Waals surface area (Å²) in [6.45, 7) is 12.0. The monoisotopic (exact) mass is 360 g/mol. The summed E-state index contributed by atoms with van der Waals surface area (Å²) in [6.07, 6.45) is 12.1. The summed E-state index contributed by atoms with van der Waals surface area (Å²) in [6, 6.07) is 13.1. The predicted octanol–water partition coefficient (Wildman–Crippen LogP) is 5.94. The highest BCUT2D eigenvalue weighted by atomic mass is 15.1. The minimum Gasteiger partial charge on any atom is -0.291 e. The SMILES string of the molecule is Cc1ccc(CN(CC2=CCC(C(C)(C)C)C=C2)Cc2ccncc2)cc1. The van der Waals surface area contributed by atoms with E-state index in [1.165, 1.54) is 22.3 Å². The van der Waals surface area contributed by atoms with Crippen molar-refractivity contribution < 1.29 is 0 Å². The van der Waals surface area contributed by atoms with Crippen LogP contribution < -0.4 is 0 Å². The molecule has 0 N–H and O–H groups in total. The third-order valence-corrected chi connectivity index (χ3v) is 5.38. The molecule has 0 saturated heterocycles. The van der Waals surface area contributed by atoms with Crippen molar-refractivity contribution in [3.8, 4) is 0 Å². The largest absolute Gasteiger partial charge is 0.291 e. The van der Waals surface area contributed by atoms with Gasteiger partial charge in [-0.3, -0.25) is 9.88 Å². The molecule has 27 heavy (non-hydrogen) atoms. The molecule has 2 heteroatoms. The summed E-state index contributed by atoms with van der Waals surface area (Å²) in [5.41, 5.74) is 5.74. The molecule has 142 valence electrons. The van der Waals surface area contributed by atoms with Gasteiger partial charge in [-0.2, -0.15) is 0 Å². The van der Waals surface area contributed by atoms with Gasteiger partial charge < -0.3 is 0 Å². The highest BCUT2D eigenvalue weighted by Gasteiger charge is 2.23. The summed E-state index contributed by atoms with van der Waals surface area (Å²) in [5.74, 6) is 0.631. The molecule has 0 saturated carbocycles. The van der Waals surface area contributed by atoms with Crippen LogP contribution >= 0.6 is 0 Å². The van der Waals surface area contributed by atoms with Crippen molar-refractivity contribution in [2.45, 2.75) is 47.2 Å². The molecule has 1 aliphatic rings. The number of hydrogen-bond acceptors (Lipinski definition) is 2. The fraction of sp³-hybridized carbons (Fsp3) is 0.400. The van der Waals surface area contributed by atoms with Crippen LogP contribution in [0.2, 0.25) is 0 Å². The first kappa shape index (κ1) is 19.6. The van der Waals surface area contributed by atoms with Crippen molar-refractivity contribution in [1.82, 2.24) is 9.88 Å². The maximum Gasteiger partial charge on any atom is 0.0271 e. The Balaban J connectivity index is 1.71. The minimum atomic E-state index is 0.331. The van der Waals surface area contributed by atoms with E-state index >= 15 is 0 Å². The minimum absolute atomic E-state index is 0.331. The number of rotatable bonds is 6. The van der Waals surface area contributed by atoms with Gasteiger partial charge in [-0.25, -0.2) is 0 Å². The van der Waals surface area contributed by atoms with E-state index in [2.05, 4.69) is 92.2 Å². The maximum absolute atomic E-state index is 4.15. The summed E-state index contributed by atoms with van der Waals surface area (Å²) in [5, 5.41) is 0. The average Bonchev–Trinajstić information content (AvgIpc) is 2.64. The third-order valence-electron chi connectivity index (χ3n) is 5.38. The van der Waals surface area contributed by atoms with Crippen LogP contribution in [0.25, 0.3) is 0 Å². The molecular weight excluding hydrogens is 328 g/mol. The van der Waals surface area contributed by atoms with Crippen molar-refractivity contribution in [1.29, 1.82) is 0 Å². The van der Waals surface area contributed by atoms with E-state index in [9.17, 15) is 0 Å². The van der Waals surface area contributed by atoms with Crippen LogP contribution in [0.5, 0.6) is 0 Å². The van der Waals surface area contributed by atoms with Gasteiger partial charge in [-0.05, 0) is 53.5 Å². The Morgan fingerprint density at radius 2 is 1.56 bits per heavy atom. The smallest absolute Gasteiger partial charge is 0.0271 e. The molecule has 2 aromatic rings. The number of hydrogen-bond donors (Lipinski definition) is 0. The molecule has 0 radical (unpaired) electrons. The van der Waals surface area contributed by atoms with E-state index in [4.69, 9.17) is 0 Å². The molecule has 0 bridgehead atoms. The van der Waals surface area contributed by atoms with E-state index in [0.29, 0.717) is 11.3 Å². The first-order valence-corrected chi connectivity index (χ1v) is 9.94. The Labute approximate surface area is 164 Å². The topological polar surface area (TPSA) is 16.1 Å². The van der Waals surface area contributed by atoms with Crippen molar-refractivity contribution >= 4 is 0 Å². The Kier molecular flexibility index (Phi) is 6.28. The van der Waals surface area contributed by atoms with Crippen molar-refractivity contribution in [2.24, 2.45) is 11.3 Å². The molecule has 1 atom stereocenters. The normalized spacial score (nSPS) is 17.2. The Morgan fingerprint density at radius 1 is 0.926 bits per heavy atom. The lowest BCUT2D eigenvalue weighted by Gasteiger charge is -2.30. The molecule has 2 nitrogen and oxygen atoms in total. The van der Waals surface area contributed by atoms with Gasteiger partial charge in [-0.1, -0.05) is 68.8 Å². The second-order valence-electron chi connectivity index (χ2n) is 8.83. The molecule has 0 spiro atoms. The fourth-order valence-corrected chi connectivity index (χ4v) is 3.55. The zero-order chi connectivity index (χ0) is 19.3. The third kappa shape index (κ3) is 5.90. The molecule has 1 aliphatic carbocycles. The van der Waals surface area contributed by atoms with Gasteiger partial charge in [0.2, 0.25) is 0 Å². The van der Waals surface area contributed by atoms with Gasteiger partial charge in [0, 0.05) is 32.0 Å². The lowest BCUT2D eigenvalue weighted by molar-refractivity contribution is 0.274. The van der Waals surface area contributed by atoms with Crippen LogP contribution in [0.4, 0.5) is 0 Å². The van der Waals surface area contributed by atoms with Crippen LogP contribution in [0.1, 0.15) is 43.9 Å². The second kappa shape index (κ2) is 8.67. The van der Waals surface area contributed by atoms with Gasteiger partial charge in [0.1, 0.15) is 0 Å². The predicted molar refractivity (Wildman–Crippen MR) is 114 cm³/mol. The standard InChI is InChI=1S/C25H32N2/c1-20-5-7-21(8-6-20)17-27(19-23-13-15-26-16-14-23)18-22-9-11-24(12-10-22)25(2,3)4/h5-11,13-16,24H,12,17-19H2,1-4H3. The summed E-state index contributed by atoms with van der Waals surface area (Å²) >= 11 is 0. The fourth-order valence-electron chi connectivity index (χ4n) is 3.55. The number of allylic oxidation sites excluding steroid dienone is 2. The lowest BCUT2D eigenvalue weighted by atomic mass is 9.76. The Morgan fingerprint density at radius 3 is 2.11 bits per heavy atom. The number of benzene rings is 1. The number of aromatic nitrogens is 1. The molecule has 1 aromatic carbocycles. The molecule has 0 fully saturated rings. The van der Waals surface area contributed by atoms with E-state index < -0.39 is 0 Å². The van der Waals surface area contributed by atoms with Gasteiger partial charge >= 0.3 is 0 Å². The zero-order valence-corrected chi connectivity index (χ0v) is 17.2. The molecule has 1 unspecified atom stereocenters. The number of nitrogens with zero attached hydrogens (tertiary/aromatic N) is 2. The Bertz CT molecular complexity index is 779. The number of pyridine rings is 1. The van der Waals surface area contributed by atoms with E-state index in [0.717, 1.165) is 26.1 Å².